The first kappa shape index (κ1) is 17.8. The van der Waals surface area contributed by atoms with Gasteiger partial charge in [0.25, 0.3) is 0 Å². The number of methoxy groups -OCH3 is 1. The second kappa shape index (κ2) is 7.95. The SMILES string of the molecule is COc1cccc(C2CNNC2C2CCN(c3cc(C#N)ccn3)CC2)c1. The van der Waals surface area contributed by atoms with Gasteiger partial charge in [-0.1, -0.05) is 12.1 Å². The van der Waals surface area contributed by atoms with E-state index in [0.717, 1.165) is 44.0 Å². The fourth-order valence-corrected chi connectivity index (χ4v) is 4.31. The van der Waals surface area contributed by atoms with Crippen molar-refractivity contribution in [1.29, 1.82) is 5.26 Å². The lowest BCUT2D eigenvalue weighted by Crippen LogP contribution is -2.44. The van der Waals surface area contributed by atoms with Crippen LogP contribution in [0.4, 0.5) is 5.82 Å². The molecule has 2 saturated heterocycles. The molecule has 2 fully saturated rings. The Hall–Kier alpha value is -2.62. The van der Waals surface area contributed by atoms with E-state index < -0.39 is 0 Å². The Morgan fingerprint density at radius 3 is 2.85 bits per heavy atom. The number of nitrogens with zero attached hydrogens (tertiary/aromatic N) is 3. The number of aromatic nitrogens is 1. The predicted octanol–water partition coefficient (Wildman–Crippen LogP) is 2.44. The molecule has 2 aliphatic rings. The molecular weight excluding hydrogens is 338 g/mol. The molecule has 6 nitrogen and oxygen atoms in total. The first-order chi connectivity index (χ1) is 13.3. The Kier molecular flexibility index (Phi) is 5.23. The Morgan fingerprint density at radius 1 is 1.22 bits per heavy atom. The highest BCUT2D eigenvalue weighted by atomic mass is 16.5. The summed E-state index contributed by atoms with van der Waals surface area (Å²) in [6.07, 6.45) is 3.94. The van der Waals surface area contributed by atoms with Gasteiger partial charge in [-0.3, -0.25) is 10.9 Å². The summed E-state index contributed by atoms with van der Waals surface area (Å²) in [4.78, 5) is 6.74. The van der Waals surface area contributed by atoms with E-state index in [0.29, 0.717) is 23.4 Å². The molecule has 0 amide bonds. The third-order valence-electron chi connectivity index (χ3n) is 5.79. The van der Waals surface area contributed by atoms with Crippen LogP contribution >= 0.6 is 0 Å². The van der Waals surface area contributed by atoms with Crippen LogP contribution in [0.15, 0.2) is 42.6 Å². The maximum Gasteiger partial charge on any atom is 0.129 e. The number of pyridine rings is 1. The molecule has 0 aliphatic carbocycles. The zero-order valence-electron chi connectivity index (χ0n) is 15.6. The average molecular weight is 363 g/mol. The summed E-state index contributed by atoms with van der Waals surface area (Å²) in [6.45, 7) is 2.87. The lowest BCUT2D eigenvalue weighted by Gasteiger charge is -2.37. The van der Waals surface area contributed by atoms with Gasteiger partial charge in [-0.05, 0) is 48.6 Å². The molecule has 2 aromatic rings. The van der Waals surface area contributed by atoms with Crippen molar-refractivity contribution in [3.05, 3.63) is 53.7 Å². The number of hydrogen-bond acceptors (Lipinski definition) is 6. The summed E-state index contributed by atoms with van der Waals surface area (Å²) >= 11 is 0. The quantitative estimate of drug-likeness (QED) is 0.869. The summed E-state index contributed by atoms with van der Waals surface area (Å²) in [6, 6.07) is 14.7. The molecular formula is C21H25N5O. The lowest BCUT2D eigenvalue weighted by atomic mass is 9.80. The van der Waals surface area contributed by atoms with Crippen LogP contribution in [0.2, 0.25) is 0 Å². The minimum atomic E-state index is 0.414. The van der Waals surface area contributed by atoms with E-state index in [9.17, 15) is 0 Å². The van der Waals surface area contributed by atoms with Crippen molar-refractivity contribution in [2.24, 2.45) is 5.92 Å². The van der Waals surface area contributed by atoms with Gasteiger partial charge in [0.05, 0.1) is 18.7 Å². The maximum atomic E-state index is 9.10. The van der Waals surface area contributed by atoms with Gasteiger partial charge in [0.15, 0.2) is 0 Å². The molecule has 1 aromatic heterocycles. The second-order valence-electron chi connectivity index (χ2n) is 7.27. The van der Waals surface area contributed by atoms with E-state index in [4.69, 9.17) is 10.00 Å². The second-order valence-corrected chi connectivity index (χ2v) is 7.27. The number of nitrogens with one attached hydrogen (secondary N) is 2. The smallest absolute Gasteiger partial charge is 0.129 e. The van der Waals surface area contributed by atoms with Crippen molar-refractivity contribution >= 4 is 5.82 Å². The number of anilines is 1. The summed E-state index contributed by atoms with van der Waals surface area (Å²) in [5, 5.41) is 9.10. The van der Waals surface area contributed by atoms with Gasteiger partial charge in [0, 0.05) is 37.8 Å². The Labute approximate surface area is 160 Å². The Bertz CT molecular complexity index is 825. The highest BCUT2D eigenvalue weighted by molar-refractivity contribution is 5.45. The molecule has 1 aromatic carbocycles. The molecule has 27 heavy (non-hydrogen) atoms. The molecule has 140 valence electrons. The lowest BCUT2D eigenvalue weighted by molar-refractivity contribution is 0.295. The van der Waals surface area contributed by atoms with E-state index in [1.807, 2.05) is 12.1 Å². The number of benzene rings is 1. The number of ether oxygens (including phenoxy) is 1. The molecule has 0 radical (unpaired) electrons. The third-order valence-corrected chi connectivity index (χ3v) is 5.79. The van der Waals surface area contributed by atoms with Gasteiger partial charge >= 0.3 is 0 Å². The van der Waals surface area contributed by atoms with Crippen LogP contribution in [0.5, 0.6) is 5.75 Å². The molecule has 2 unspecified atom stereocenters. The third kappa shape index (κ3) is 3.75. The topological polar surface area (TPSA) is 73.2 Å². The van der Waals surface area contributed by atoms with Crippen molar-refractivity contribution in [1.82, 2.24) is 15.8 Å². The fraction of sp³-hybridized carbons (Fsp3) is 0.429. The van der Waals surface area contributed by atoms with Crippen molar-refractivity contribution in [2.75, 3.05) is 31.6 Å². The van der Waals surface area contributed by atoms with Gasteiger partial charge in [-0.15, -0.1) is 0 Å². The molecule has 0 saturated carbocycles. The van der Waals surface area contributed by atoms with Crippen molar-refractivity contribution in [3.8, 4) is 11.8 Å². The van der Waals surface area contributed by atoms with Crippen LogP contribution in [0, 0.1) is 17.2 Å². The summed E-state index contributed by atoms with van der Waals surface area (Å²) in [7, 11) is 1.72. The molecule has 2 N–H and O–H groups in total. The number of hydrazine groups is 1. The van der Waals surface area contributed by atoms with Crippen LogP contribution in [-0.2, 0) is 0 Å². The number of piperidine rings is 1. The highest BCUT2D eigenvalue weighted by Gasteiger charge is 2.36. The van der Waals surface area contributed by atoms with Crippen LogP contribution in [-0.4, -0.2) is 37.8 Å². The first-order valence-corrected chi connectivity index (χ1v) is 9.52. The average Bonchev–Trinajstić information content (AvgIpc) is 3.24. The fourth-order valence-electron chi connectivity index (χ4n) is 4.31. The summed E-state index contributed by atoms with van der Waals surface area (Å²) < 4.78 is 5.40. The standard InChI is InChI=1S/C21H25N5O/c1-27-18-4-2-3-17(12-18)19-14-24-25-21(19)16-6-9-26(10-7-16)20-11-15(13-22)5-8-23-20/h2-5,8,11-12,16,19,21,24-25H,6-7,9-10,14H2,1H3. The first-order valence-electron chi connectivity index (χ1n) is 9.52. The highest BCUT2D eigenvalue weighted by Crippen LogP contribution is 2.34. The van der Waals surface area contributed by atoms with Crippen LogP contribution in [0.3, 0.4) is 0 Å². The van der Waals surface area contributed by atoms with Gasteiger partial charge in [-0.2, -0.15) is 5.26 Å². The maximum absolute atomic E-state index is 9.10. The minimum absolute atomic E-state index is 0.414. The van der Waals surface area contributed by atoms with Crippen LogP contribution < -0.4 is 20.5 Å². The molecule has 6 heteroatoms. The van der Waals surface area contributed by atoms with Crippen LogP contribution in [0.1, 0.15) is 29.9 Å². The zero-order chi connectivity index (χ0) is 18.6. The van der Waals surface area contributed by atoms with Gasteiger partial charge in [-0.25, -0.2) is 4.98 Å². The Morgan fingerprint density at radius 2 is 2.07 bits per heavy atom. The van der Waals surface area contributed by atoms with E-state index in [2.05, 4.69) is 45.0 Å². The number of nitriles is 1. The van der Waals surface area contributed by atoms with E-state index in [1.165, 1.54) is 5.56 Å². The molecule has 3 heterocycles. The van der Waals surface area contributed by atoms with Crippen molar-refractivity contribution < 1.29 is 4.74 Å². The van der Waals surface area contributed by atoms with E-state index >= 15 is 0 Å². The summed E-state index contributed by atoms with van der Waals surface area (Å²) in [5.41, 5.74) is 8.87. The molecule has 0 bridgehead atoms. The van der Waals surface area contributed by atoms with Crippen LogP contribution in [0.25, 0.3) is 0 Å². The van der Waals surface area contributed by atoms with Crippen molar-refractivity contribution in [3.63, 3.8) is 0 Å². The molecule has 0 spiro atoms. The van der Waals surface area contributed by atoms with E-state index in [-0.39, 0.29) is 0 Å². The predicted molar refractivity (Wildman–Crippen MR) is 105 cm³/mol. The van der Waals surface area contributed by atoms with Gasteiger partial charge in [0.1, 0.15) is 11.6 Å². The molecule has 2 atom stereocenters. The molecule has 2 aliphatic heterocycles. The zero-order valence-corrected chi connectivity index (χ0v) is 15.6. The number of rotatable bonds is 4. The normalized spacial score (nSPS) is 23.2. The Balaban J connectivity index is 1.43. The van der Waals surface area contributed by atoms with Gasteiger partial charge in [0.2, 0.25) is 0 Å². The number of hydrogen-bond donors (Lipinski definition) is 2. The summed E-state index contributed by atoms with van der Waals surface area (Å²) in [5.74, 6) is 2.87. The van der Waals surface area contributed by atoms with Gasteiger partial charge < -0.3 is 9.64 Å². The molecule has 4 rings (SSSR count). The van der Waals surface area contributed by atoms with E-state index in [1.54, 1.807) is 19.4 Å². The monoisotopic (exact) mass is 363 g/mol. The minimum Gasteiger partial charge on any atom is -0.497 e. The van der Waals surface area contributed by atoms with Crippen molar-refractivity contribution in [2.45, 2.75) is 24.8 Å². The largest absolute Gasteiger partial charge is 0.497 e.